The number of fused-ring (bicyclic) bond motifs is 1. The molecule has 0 saturated carbocycles. The highest BCUT2D eigenvalue weighted by Crippen LogP contribution is 2.26. The first-order chi connectivity index (χ1) is 16.2. The van der Waals surface area contributed by atoms with Crippen LogP contribution in [0.5, 0.6) is 6.01 Å². The van der Waals surface area contributed by atoms with Crippen LogP contribution in [0.4, 0.5) is 5.95 Å². The molecule has 3 heterocycles. The van der Waals surface area contributed by atoms with Crippen molar-refractivity contribution in [3.63, 3.8) is 0 Å². The molecule has 7 nitrogen and oxygen atoms in total. The van der Waals surface area contributed by atoms with E-state index in [1.807, 2.05) is 12.3 Å². The molecule has 2 aromatic heterocycles. The predicted octanol–water partition coefficient (Wildman–Crippen LogP) is 4.66. The molecule has 2 aromatic carbocycles. The molecule has 1 fully saturated rings. The minimum absolute atomic E-state index is 0.0817. The summed E-state index contributed by atoms with van der Waals surface area (Å²) in [4.78, 5) is 9.44. The van der Waals surface area contributed by atoms with Gasteiger partial charge in [0.1, 0.15) is 6.10 Å². The molecule has 0 bridgehead atoms. The average Bonchev–Trinajstić information content (AvgIpc) is 3.28. The molecule has 170 valence electrons. The normalized spacial score (nSPS) is 16.3. The van der Waals surface area contributed by atoms with E-state index in [0.29, 0.717) is 24.4 Å². The second-order valence-electron chi connectivity index (χ2n) is 8.78. The highest BCUT2D eigenvalue weighted by atomic mass is 16.5. The van der Waals surface area contributed by atoms with Gasteiger partial charge in [0.25, 0.3) is 0 Å². The number of hydrogen-bond acceptors (Lipinski definition) is 6. The number of nitrogens with one attached hydrogen (secondary N) is 2. The molecule has 1 aliphatic rings. The summed E-state index contributed by atoms with van der Waals surface area (Å²) in [6.07, 6.45) is 4.06. The molecular formula is C26H30N6O. The minimum atomic E-state index is 0.0817. The van der Waals surface area contributed by atoms with E-state index in [9.17, 15) is 0 Å². The lowest BCUT2D eigenvalue weighted by molar-refractivity contribution is 0.153. The zero-order valence-corrected chi connectivity index (χ0v) is 19.2. The van der Waals surface area contributed by atoms with Crippen molar-refractivity contribution in [3.05, 3.63) is 71.9 Å². The van der Waals surface area contributed by atoms with Crippen LogP contribution in [0.3, 0.4) is 0 Å². The topological polar surface area (TPSA) is 76.4 Å². The molecule has 7 heteroatoms. The Morgan fingerprint density at radius 2 is 1.91 bits per heavy atom. The summed E-state index contributed by atoms with van der Waals surface area (Å²) >= 11 is 0. The van der Waals surface area contributed by atoms with E-state index in [2.05, 4.69) is 78.1 Å². The molecule has 0 spiro atoms. The first-order valence-electron chi connectivity index (χ1n) is 11.7. The third kappa shape index (κ3) is 4.68. The van der Waals surface area contributed by atoms with Crippen molar-refractivity contribution in [2.45, 2.75) is 45.3 Å². The summed E-state index contributed by atoms with van der Waals surface area (Å²) in [5.41, 5.74) is 5.45. The van der Waals surface area contributed by atoms with Gasteiger partial charge in [-0.15, -0.1) is 0 Å². The lowest BCUT2D eigenvalue weighted by atomic mass is 10.00. The van der Waals surface area contributed by atoms with Gasteiger partial charge in [-0.1, -0.05) is 68.4 Å². The fourth-order valence-electron chi connectivity index (χ4n) is 4.27. The van der Waals surface area contributed by atoms with E-state index in [4.69, 9.17) is 14.7 Å². The maximum atomic E-state index is 6.19. The molecule has 1 aliphatic heterocycles. The van der Waals surface area contributed by atoms with Crippen molar-refractivity contribution in [3.8, 4) is 17.1 Å². The van der Waals surface area contributed by atoms with Crippen molar-refractivity contribution in [1.29, 1.82) is 0 Å². The molecule has 33 heavy (non-hydrogen) atoms. The van der Waals surface area contributed by atoms with Crippen LogP contribution in [0.2, 0.25) is 0 Å². The lowest BCUT2D eigenvalue weighted by Gasteiger charge is -2.23. The van der Waals surface area contributed by atoms with Crippen molar-refractivity contribution in [2.75, 3.05) is 18.4 Å². The Bertz CT molecular complexity index is 1210. The molecular weight excluding hydrogens is 412 g/mol. The van der Waals surface area contributed by atoms with E-state index in [1.54, 1.807) is 4.52 Å². The highest BCUT2D eigenvalue weighted by molar-refractivity contribution is 5.67. The van der Waals surface area contributed by atoms with Crippen LogP contribution in [0.1, 0.15) is 43.7 Å². The number of nitrogens with zero attached hydrogens (tertiary/aromatic N) is 4. The SMILES string of the molecule is CC(C)c1cnn2c(NCc3ccccc3-c3ccccc3)nc(O[C@@H]3CCCNC3)nc12. The van der Waals surface area contributed by atoms with Gasteiger partial charge >= 0.3 is 6.01 Å². The zero-order chi connectivity index (χ0) is 22.6. The van der Waals surface area contributed by atoms with E-state index >= 15 is 0 Å². The second-order valence-corrected chi connectivity index (χ2v) is 8.78. The molecule has 0 unspecified atom stereocenters. The van der Waals surface area contributed by atoms with Crippen LogP contribution in [0.15, 0.2) is 60.8 Å². The maximum Gasteiger partial charge on any atom is 0.322 e. The van der Waals surface area contributed by atoms with Crippen LogP contribution in [-0.2, 0) is 6.54 Å². The predicted molar refractivity (Wildman–Crippen MR) is 131 cm³/mol. The quantitative estimate of drug-likeness (QED) is 0.434. The summed E-state index contributed by atoms with van der Waals surface area (Å²) in [6.45, 7) is 6.76. The van der Waals surface area contributed by atoms with Crippen LogP contribution in [0, 0.1) is 0 Å². The molecule has 0 radical (unpaired) electrons. The Balaban J connectivity index is 1.46. The summed E-state index contributed by atoms with van der Waals surface area (Å²) in [6, 6.07) is 19.3. The van der Waals surface area contributed by atoms with Crippen LogP contribution < -0.4 is 15.4 Å². The largest absolute Gasteiger partial charge is 0.459 e. The molecule has 5 rings (SSSR count). The fourth-order valence-corrected chi connectivity index (χ4v) is 4.27. The number of rotatable bonds is 7. The van der Waals surface area contributed by atoms with E-state index in [1.165, 1.54) is 16.7 Å². The monoisotopic (exact) mass is 442 g/mol. The average molecular weight is 443 g/mol. The molecule has 1 atom stereocenters. The number of anilines is 1. The van der Waals surface area contributed by atoms with Gasteiger partial charge in [-0.25, -0.2) is 0 Å². The first kappa shape index (κ1) is 21.4. The Kier molecular flexibility index (Phi) is 6.21. The van der Waals surface area contributed by atoms with Crippen molar-refractivity contribution < 1.29 is 4.74 Å². The molecule has 1 saturated heterocycles. The number of benzene rings is 2. The van der Waals surface area contributed by atoms with Gasteiger partial charge < -0.3 is 15.4 Å². The third-order valence-electron chi connectivity index (χ3n) is 6.06. The Hall–Kier alpha value is -3.45. The van der Waals surface area contributed by atoms with Gasteiger partial charge in [0, 0.05) is 18.7 Å². The Morgan fingerprint density at radius 3 is 2.70 bits per heavy atom. The summed E-state index contributed by atoms with van der Waals surface area (Å²) in [5, 5.41) is 11.5. The summed E-state index contributed by atoms with van der Waals surface area (Å²) in [5.74, 6) is 0.932. The first-order valence-corrected chi connectivity index (χ1v) is 11.7. The Morgan fingerprint density at radius 1 is 1.09 bits per heavy atom. The van der Waals surface area contributed by atoms with Gasteiger partial charge in [0.15, 0.2) is 5.65 Å². The Labute approximate surface area is 194 Å². The zero-order valence-electron chi connectivity index (χ0n) is 19.2. The number of aromatic nitrogens is 4. The van der Waals surface area contributed by atoms with Gasteiger partial charge in [-0.2, -0.15) is 19.6 Å². The summed E-state index contributed by atoms with van der Waals surface area (Å²) in [7, 11) is 0. The molecule has 0 aliphatic carbocycles. The van der Waals surface area contributed by atoms with Crippen molar-refractivity contribution >= 4 is 11.6 Å². The number of ether oxygens (including phenoxy) is 1. The molecule has 0 amide bonds. The van der Waals surface area contributed by atoms with E-state index in [0.717, 1.165) is 37.1 Å². The van der Waals surface area contributed by atoms with Gasteiger partial charge in [-0.05, 0) is 42.0 Å². The van der Waals surface area contributed by atoms with Crippen LogP contribution in [0.25, 0.3) is 16.8 Å². The van der Waals surface area contributed by atoms with Crippen LogP contribution in [-0.4, -0.2) is 38.8 Å². The van der Waals surface area contributed by atoms with Gasteiger partial charge in [0.05, 0.1) is 6.20 Å². The fraction of sp³-hybridized carbons (Fsp3) is 0.346. The number of piperidine rings is 1. The van der Waals surface area contributed by atoms with Gasteiger partial charge in [0.2, 0.25) is 5.95 Å². The maximum absolute atomic E-state index is 6.19. The molecule has 2 N–H and O–H groups in total. The van der Waals surface area contributed by atoms with Gasteiger partial charge in [-0.3, -0.25) is 0 Å². The minimum Gasteiger partial charge on any atom is -0.459 e. The van der Waals surface area contributed by atoms with Crippen molar-refractivity contribution in [1.82, 2.24) is 24.9 Å². The lowest BCUT2D eigenvalue weighted by Crippen LogP contribution is -2.37. The second kappa shape index (κ2) is 9.58. The standard InChI is InChI=1S/C26H30N6O/c1-18(2)23-17-29-32-24(23)30-26(33-21-12-8-14-27-16-21)31-25(32)28-15-20-11-6-7-13-22(20)19-9-4-3-5-10-19/h3-7,9-11,13,17-18,21,27H,8,12,14-16H2,1-2H3,(H,28,30,31)/t21-/m1/s1. The number of hydrogen-bond donors (Lipinski definition) is 2. The third-order valence-corrected chi connectivity index (χ3v) is 6.06. The van der Waals surface area contributed by atoms with Crippen LogP contribution >= 0.6 is 0 Å². The highest BCUT2D eigenvalue weighted by Gasteiger charge is 2.20. The van der Waals surface area contributed by atoms with E-state index < -0.39 is 0 Å². The van der Waals surface area contributed by atoms with Crippen molar-refractivity contribution in [2.24, 2.45) is 0 Å². The smallest absolute Gasteiger partial charge is 0.322 e. The van der Waals surface area contributed by atoms with E-state index in [-0.39, 0.29) is 6.10 Å². The summed E-state index contributed by atoms with van der Waals surface area (Å²) < 4.78 is 7.97. The molecule has 4 aromatic rings.